The fourth-order valence-corrected chi connectivity index (χ4v) is 1.38. The van der Waals surface area contributed by atoms with Crippen LogP contribution in [0, 0.1) is 0 Å². The number of aromatic nitrogens is 1. The molecule has 18 heavy (non-hydrogen) atoms. The van der Waals surface area contributed by atoms with Gasteiger partial charge in [-0.3, -0.25) is 9.78 Å². The van der Waals surface area contributed by atoms with E-state index in [-0.39, 0.29) is 6.61 Å². The van der Waals surface area contributed by atoms with Gasteiger partial charge in [-0.2, -0.15) is 0 Å². The van der Waals surface area contributed by atoms with Crippen molar-refractivity contribution in [3.05, 3.63) is 30.1 Å². The van der Waals surface area contributed by atoms with Gasteiger partial charge >= 0.3 is 6.09 Å². The highest BCUT2D eigenvalue weighted by Crippen LogP contribution is 2.02. The minimum atomic E-state index is -0.665. The molecule has 3 N–H and O–H groups in total. The highest BCUT2D eigenvalue weighted by molar-refractivity contribution is 5.78. The molecule has 2 amide bonds. The normalized spacial score (nSPS) is 9.78. The average molecular weight is 251 g/mol. The Bertz CT molecular complexity index is 381. The minimum Gasteiger partial charge on any atom is -0.439 e. The molecule has 0 bridgehead atoms. The number of nitrogens with zero attached hydrogens (tertiary/aromatic N) is 1. The van der Waals surface area contributed by atoms with Gasteiger partial charge in [0.1, 0.15) is 0 Å². The zero-order chi connectivity index (χ0) is 13.2. The summed E-state index contributed by atoms with van der Waals surface area (Å²) in [6, 6.07) is 3.91. The smallest absolute Gasteiger partial charge is 0.407 e. The molecule has 1 heterocycles. The quantitative estimate of drug-likeness (QED) is 0.694. The topological polar surface area (TPSA) is 94.3 Å². The maximum absolute atomic E-state index is 11.0. The van der Waals surface area contributed by atoms with Crippen molar-refractivity contribution in [3.63, 3.8) is 0 Å². The van der Waals surface area contributed by atoms with Crippen LogP contribution in [0.15, 0.2) is 24.5 Å². The van der Waals surface area contributed by atoms with Gasteiger partial charge in [0.25, 0.3) is 5.91 Å². The Kier molecular flexibility index (Phi) is 6.24. The zero-order valence-corrected chi connectivity index (χ0v) is 10.1. The third kappa shape index (κ3) is 6.47. The number of aryl methyl sites for hydroxylation is 1. The first-order valence-corrected chi connectivity index (χ1v) is 5.76. The maximum atomic E-state index is 11.0. The van der Waals surface area contributed by atoms with Crippen molar-refractivity contribution in [2.75, 3.05) is 13.2 Å². The number of ether oxygens (including phenoxy) is 1. The van der Waals surface area contributed by atoms with Crippen molar-refractivity contribution in [3.8, 4) is 0 Å². The Morgan fingerprint density at radius 3 is 2.89 bits per heavy atom. The number of rotatable bonds is 7. The molecule has 0 aliphatic rings. The highest BCUT2D eigenvalue weighted by Gasteiger charge is 2.02. The van der Waals surface area contributed by atoms with Crippen molar-refractivity contribution in [1.82, 2.24) is 10.3 Å². The predicted octanol–water partition coefficient (Wildman–Crippen LogP) is 0.616. The Labute approximate surface area is 106 Å². The average Bonchev–Trinajstić information content (AvgIpc) is 2.37. The van der Waals surface area contributed by atoms with E-state index in [9.17, 15) is 9.59 Å². The van der Waals surface area contributed by atoms with Gasteiger partial charge in [-0.15, -0.1) is 0 Å². The van der Waals surface area contributed by atoms with Crippen LogP contribution in [-0.2, 0) is 16.0 Å². The van der Waals surface area contributed by atoms with Crippen LogP contribution in [-0.4, -0.2) is 30.1 Å². The van der Waals surface area contributed by atoms with Crippen LogP contribution in [0.1, 0.15) is 18.4 Å². The van der Waals surface area contributed by atoms with Crippen molar-refractivity contribution in [2.24, 2.45) is 5.73 Å². The summed E-state index contributed by atoms with van der Waals surface area (Å²) < 4.78 is 4.53. The summed E-state index contributed by atoms with van der Waals surface area (Å²) in [7, 11) is 0. The number of amides is 2. The standard InChI is InChI=1S/C12H17N3O3/c13-11(16)9-18-12(17)15-7-2-1-4-10-5-3-6-14-8-10/h3,5-6,8H,1-2,4,7,9H2,(H2,13,16)(H,15,17). The molecule has 0 saturated heterocycles. The summed E-state index contributed by atoms with van der Waals surface area (Å²) in [5, 5.41) is 2.54. The molecule has 0 radical (unpaired) electrons. The molecule has 0 saturated carbocycles. The summed E-state index contributed by atoms with van der Waals surface area (Å²) in [5.74, 6) is -0.665. The molecular formula is C12H17N3O3. The van der Waals surface area contributed by atoms with Crippen LogP contribution in [0.4, 0.5) is 4.79 Å². The lowest BCUT2D eigenvalue weighted by molar-refractivity contribution is -0.120. The Morgan fingerprint density at radius 1 is 1.39 bits per heavy atom. The van der Waals surface area contributed by atoms with E-state index >= 15 is 0 Å². The van der Waals surface area contributed by atoms with Crippen LogP contribution >= 0.6 is 0 Å². The summed E-state index contributed by atoms with van der Waals surface area (Å²) in [6.07, 6.45) is 5.65. The van der Waals surface area contributed by atoms with E-state index < -0.39 is 12.0 Å². The third-order valence-electron chi connectivity index (χ3n) is 2.23. The van der Waals surface area contributed by atoms with Crippen molar-refractivity contribution < 1.29 is 14.3 Å². The molecule has 0 atom stereocenters. The second kappa shape index (κ2) is 8.05. The number of pyridine rings is 1. The number of alkyl carbamates (subject to hydrolysis) is 1. The predicted molar refractivity (Wildman–Crippen MR) is 65.7 cm³/mol. The molecule has 0 aromatic carbocycles. The molecule has 0 aliphatic carbocycles. The zero-order valence-electron chi connectivity index (χ0n) is 10.1. The number of nitrogens with one attached hydrogen (secondary N) is 1. The molecule has 6 nitrogen and oxygen atoms in total. The van der Waals surface area contributed by atoms with E-state index in [1.807, 2.05) is 18.3 Å². The summed E-state index contributed by atoms with van der Waals surface area (Å²) >= 11 is 0. The first-order chi connectivity index (χ1) is 8.68. The van der Waals surface area contributed by atoms with E-state index in [0.717, 1.165) is 19.3 Å². The SMILES string of the molecule is NC(=O)COC(=O)NCCCCc1cccnc1. The fraction of sp³-hybridized carbons (Fsp3) is 0.417. The van der Waals surface area contributed by atoms with Crippen LogP contribution in [0.25, 0.3) is 0 Å². The largest absolute Gasteiger partial charge is 0.439 e. The lowest BCUT2D eigenvalue weighted by atomic mass is 10.1. The van der Waals surface area contributed by atoms with Crippen molar-refractivity contribution >= 4 is 12.0 Å². The van der Waals surface area contributed by atoms with E-state index in [2.05, 4.69) is 15.0 Å². The number of carbonyl (C=O) groups is 2. The summed E-state index contributed by atoms with van der Waals surface area (Å²) in [6.45, 7) is 0.124. The Hall–Kier alpha value is -2.11. The second-order valence-corrected chi connectivity index (χ2v) is 3.79. The van der Waals surface area contributed by atoms with Crippen molar-refractivity contribution in [1.29, 1.82) is 0 Å². The molecule has 0 aliphatic heterocycles. The molecule has 0 spiro atoms. The number of unbranched alkanes of at least 4 members (excludes halogenated alkanes) is 1. The van der Waals surface area contributed by atoms with Crippen LogP contribution < -0.4 is 11.1 Å². The van der Waals surface area contributed by atoms with Gasteiger partial charge in [0.15, 0.2) is 6.61 Å². The molecule has 98 valence electrons. The maximum Gasteiger partial charge on any atom is 0.407 e. The number of hydrogen-bond acceptors (Lipinski definition) is 4. The van der Waals surface area contributed by atoms with Gasteiger partial charge in [-0.25, -0.2) is 4.79 Å². The van der Waals surface area contributed by atoms with Crippen LogP contribution in [0.2, 0.25) is 0 Å². The summed E-state index contributed by atoms with van der Waals surface area (Å²) in [5.41, 5.74) is 6.01. The van der Waals surface area contributed by atoms with E-state index in [1.165, 1.54) is 5.56 Å². The Morgan fingerprint density at radius 2 is 2.22 bits per heavy atom. The molecule has 0 unspecified atom stereocenters. The first-order valence-electron chi connectivity index (χ1n) is 5.76. The Balaban J connectivity index is 2.02. The third-order valence-corrected chi connectivity index (χ3v) is 2.23. The lowest BCUT2D eigenvalue weighted by Crippen LogP contribution is -2.29. The van der Waals surface area contributed by atoms with Crippen LogP contribution in [0.5, 0.6) is 0 Å². The molecule has 1 rings (SSSR count). The second-order valence-electron chi connectivity index (χ2n) is 3.79. The molecule has 1 aromatic heterocycles. The van der Waals surface area contributed by atoms with Gasteiger partial charge < -0.3 is 15.8 Å². The lowest BCUT2D eigenvalue weighted by Gasteiger charge is -2.05. The van der Waals surface area contributed by atoms with Gasteiger partial charge in [0.2, 0.25) is 0 Å². The van der Waals surface area contributed by atoms with Crippen LogP contribution in [0.3, 0.4) is 0 Å². The van der Waals surface area contributed by atoms with E-state index in [0.29, 0.717) is 6.54 Å². The number of primary amides is 1. The van der Waals surface area contributed by atoms with E-state index in [4.69, 9.17) is 5.73 Å². The molecular weight excluding hydrogens is 234 g/mol. The van der Waals surface area contributed by atoms with Gasteiger partial charge in [-0.1, -0.05) is 6.07 Å². The van der Waals surface area contributed by atoms with Crippen molar-refractivity contribution in [2.45, 2.75) is 19.3 Å². The molecule has 6 heteroatoms. The molecule has 0 fully saturated rings. The van der Waals surface area contributed by atoms with E-state index in [1.54, 1.807) is 6.20 Å². The minimum absolute atomic E-state index is 0.387. The van der Waals surface area contributed by atoms with Gasteiger partial charge in [0.05, 0.1) is 0 Å². The summed E-state index contributed by atoms with van der Waals surface area (Å²) in [4.78, 5) is 25.4. The number of hydrogen-bond donors (Lipinski definition) is 2. The monoisotopic (exact) mass is 251 g/mol. The first kappa shape index (κ1) is 14.0. The number of carbonyl (C=O) groups excluding carboxylic acids is 2. The fourth-order valence-electron chi connectivity index (χ4n) is 1.38. The van der Waals surface area contributed by atoms with Gasteiger partial charge in [-0.05, 0) is 30.9 Å². The molecule has 1 aromatic rings. The van der Waals surface area contributed by atoms with Gasteiger partial charge in [0, 0.05) is 18.9 Å². The number of nitrogens with two attached hydrogens (primary N) is 1. The highest BCUT2D eigenvalue weighted by atomic mass is 16.6.